The van der Waals surface area contributed by atoms with E-state index in [-0.39, 0.29) is 22.1 Å². The van der Waals surface area contributed by atoms with Crippen molar-refractivity contribution in [3.8, 4) is 0 Å². The van der Waals surface area contributed by atoms with E-state index in [2.05, 4.69) is 5.32 Å². The molecular formula is C14H17F2N3OS. The predicted octanol–water partition coefficient (Wildman–Crippen LogP) is 1.70. The number of likely N-dealkylation sites (N-methyl/N-ethyl adjacent to an activating group) is 1. The number of nitrogens with two attached hydrogens (primary N) is 1. The Hall–Kier alpha value is -1.76. The zero-order valence-corrected chi connectivity index (χ0v) is 12.5. The number of rotatable bonds is 3. The monoisotopic (exact) mass is 313 g/mol. The van der Waals surface area contributed by atoms with E-state index in [0.717, 1.165) is 25.0 Å². The molecule has 1 aliphatic rings. The van der Waals surface area contributed by atoms with Crippen molar-refractivity contribution in [1.82, 2.24) is 5.32 Å². The average molecular weight is 313 g/mol. The summed E-state index contributed by atoms with van der Waals surface area (Å²) in [7, 11) is 1.51. The molecule has 114 valence electrons. The van der Waals surface area contributed by atoms with E-state index in [0.29, 0.717) is 13.0 Å². The quantitative estimate of drug-likeness (QED) is 0.834. The van der Waals surface area contributed by atoms with Gasteiger partial charge in [-0.2, -0.15) is 0 Å². The van der Waals surface area contributed by atoms with Crippen LogP contribution in [0, 0.1) is 11.6 Å². The Bertz CT molecular complexity index is 556. The summed E-state index contributed by atoms with van der Waals surface area (Å²) in [6, 6.07) is 1.65. The van der Waals surface area contributed by atoms with Crippen LogP contribution >= 0.6 is 12.2 Å². The molecule has 2 rings (SSSR count). The molecule has 1 aromatic rings. The minimum Gasteiger partial charge on any atom is -0.389 e. The summed E-state index contributed by atoms with van der Waals surface area (Å²) >= 11 is 4.73. The molecule has 1 saturated heterocycles. The normalized spacial score (nSPS) is 18.4. The first-order valence-corrected chi connectivity index (χ1v) is 7.13. The van der Waals surface area contributed by atoms with Gasteiger partial charge in [0.25, 0.3) is 0 Å². The largest absolute Gasteiger partial charge is 0.389 e. The van der Waals surface area contributed by atoms with Gasteiger partial charge in [0.1, 0.15) is 28.4 Å². The van der Waals surface area contributed by atoms with Crippen LogP contribution in [0.25, 0.3) is 0 Å². The minimum absolute atomic E-state index is 0.0687. The average Bonchev–Trinajstić information content (AvgIpc) is 2.46. The molecule has 1 fully saturated rings. The first-order chi connectivity index (χ1) is 9.95. The summed E-state index contributed by atoms with van der Waals surface area (Å²) in [5.74, 6) is -1.76. The van der Waals surface area contributed by atoms with Crippen molar-refractivity contribution in [2.45, 2.75) is 25.3 Å². The lowest BCUT2D eigenvalue weighted by molar-refractivity contribution is -0.122. The maximum absolute atomic E-state index is 14.3. The van der Waals surface area contributed by atoms with Crippen LogP contribution in [-0.2, 0) is 4.79 Å². The molecule has 1 unspecified atom stereocenters. The Balaban J connectivity index is 2.43. The van der Waals surface area contributed by atoms with Crippen molar-refractivity contribution >= 4 is 28.8 Å². The fraction of sp³-hybridized carbons (Fsp3) is 0.429. The number of carbonyl (C=O) groups is 1. The molecule has 7 heteroatoms. The molecule has 3 N–H and O–H groups in total. The van der Waals surface area contributed by atoms with Gasteiger partial charge in [0.05, 0.1) is 0 Å². The van der Waals surface area contributed by atoms with E-state index in [1.54, 1.807) is 0 Å². The second-order valence-electron chi connectivity index (χ2n) is 4.97. The van der Waals surface area contributed by atoms with Crippen molar-refractivity contribution in [2.24, 2.45) is 5.73 Å². The lowest BCUT2D eigenvalue weighted by atomic mass is 9.99. The van der Waals surface area contributed by atoms with Gasteiger partial charge in [-0.05, 0) is 31.4 Å². The maximum Gasteiger partial charge on any atom is 0.242 e. The molecule has 0 radical (unpaired) electrons. The van der Waals surface area contributed by atoms with Crippen LogP contribution in [0.4, 0.5) is 14.5 Å². The molecule has 4 nitrogen and oxygen atoms in total. The topological polar surface area (TPSA) is 58.4 Å². The summed E-state index contributed by atoms with van der Waals surface area (Å²) in [6.07, 6.45) is 2.20. The highest BCUT2D eigenvalue weighted by Gasteiger charge is 2.31. The lowest BCUT2D eigenvalue weighted by Gasteiger charge is -2.36. The SMILES string of the molecule is CNC(=O)C1CCCCN1c1c(F)cc(C(N)=S)cc1F. The van der Waals surface area contributed by atoms with E-state index < -0.39 is 17.7 Å². The molecule has 0 aromatic heterocycles. The standard InChI is InChI=1S/C14H17F2N3OS/c1-18-14(20)11-4-2-3-5-19(11)12-9(15)6-8(13(17)21)7-10(12)16/h6-7,11H,2-5H2,1H3,(H2,17,21)(H,18,20). The number of nitrogens with zero attached hydrogens (tertiary/aromatic N) is 1. The number of amides is 1. The van der Waals surface area contributed by atoms with Gasteiger partial charge >= 0.3 is 0 Å². The summed E-state index contributed by atoms with van der Waals surface area (Å²) < 4.78 is 28.5. The Morgan fingerprint density at radius 1 is 1.38 bits per heavy atom. The van der Waals surface area contributed by atoms with Crippen molar-refractivity contribution in [2.75, 3.05) is 18.5 Å². The van der Waals surface area contributed by atoms with E-state index in [1.165, 1.54) is 11.9 Å². The van der Waals surface area contributed by atoms with Gasteiger partial charge in [0, 0.05) is 19.2 Å². The number of thiocarbonyl (C=S) groups is 1. The Labute approximate surface area is 127 Å². The maximum atomic E-state index is 14.3. The third-order valence-corrected chi connectivity index (χ3v) is 3.88. The number of piperidine rings is 1. The summed E-state index contributed by atoms with van der Waals surface area (Å²) in [4.78, 5) is 13.3. The number of anilines is 1. The number of nitrogens with one attached hydrogen (secondary N) is 1. The number of halogens is 2. The van der Waals surface area contributed by atoms with Crippen LogP contribution in [0.5, 0.6) is 0 Å². The molecule has 1 aliphatic heterocycles. The summed E-state index contributed by atoms with van der Waals surface area (Å²) in [6.45, 7) is 0.429. The second-order valence-corrected chi connectivity index (χ2v) is 5.41. The number of hydrogen-bond donors (Lipinski definition) is 2. The first kappa shape index (κ1) is 15.6. The Kier molecular flexibility index (Phi) is 4.72. The predicted molar refractivity (Wildman–Crippen MR) is 81.3 cm³/mol. The van der Waals surface area contributed by atoms with Gasteiger partial charge in [0.2, 0.25) is 5.91 Å². The summed E-state index contributed by atoms with van der Waals surface area (Å²) in [5.41, 5.74) is 5.34. The second kappa shape index (κ2) is 6.34. The van der Waals surface area contributed by atoms with Crippen LogP contribution in [0.2, 0.25) is 0 Å². The highest BCUT2D eigenvalue weighted by atomic mass is 32.1. The molecule has 1 atom stereocenters. The first-order valence-electron chi connectivity index (χ1n) is 6.72. The van der Waals surface area contributed by atoms with Gasteiger partial charge in [-0.25, -0.2) is 8.78 Å². The lowest BCUT2D eigenvalue weighted by Crippen LogP contribution is -2.49. The fourth-order valence-electron chi connectivity index (χ4n) is 2.62. The van der Waals surface area contributed by atoms with Gasteiger partial charge in [0.15, 0.2) is 0 Å². The van der Waals surface area contributed by atoms with Crippen LogP contribution in [0.15, 0.2) is 12.1 Å². The van der Waals surface area contributed by atoms with E-state index in [1.807, 2.05) is 0 Å². The van der Waals surface area contributed by atoms with E-state index in [4.69, 9.17) is 18.0 Å². The third kappa shape index (κ3) is 3.12. The molecule has 1 aromatic carbocycles. The molecule has 0 saturated carbocycles. The molecule has 1 amide bonds. The number of carbonyl (C=O) groups excluding carboxylic acids is 1. The Morgan fingerprint density at radius 2 is 2.00 bits per heavy atom. The highest BCUT2D eigenvalue weighted by Crippen LogP contribution is 2.30. The summed E-state index contributed by atoms with van der Waals surface area (Å²) in [5, 5.41) is 2.54. The van der Waals surface area contributed by atoms with Crippen molar-refractivity contribution in [3.63, 3.8) is 0 Å². The third-order valence-electron chi connectivity index (χ3n) is 3.64. The van der Waals surface area contributed by atoms with Crippen LogP contribution in [0.1, 0.15) is 24.8 Å². The fourth-order valence-corrected chi connectivity index (χ4v) is 2.74. The smallest absolute Gasteiger partial charge is 0.242 e. The van der Waals surface area contributed by atoms with Gasteiger partial charge in [-0.15, -0.1) is 0 Å². The zero-order chi connectivity index (χ0) is 15.6. The van der Waals surface area contributed by atoms with E-state index >= 15 is 0 Å². The van der Waals surface area contributed by atoms with Crippen molar-refractivity contribution in [3.05, 3.63) is 29.3 Å². The van der Waals surface area contributed by atoms with Crippen LogP contribution in [-0.4, -0.2) is 30.5 Å². The van der Waals surface area contributed by atoms with Gasteiger partial charge < -0.3 is 16.0 Å². The number of benzene rings is 1. The van der Waals surface area contributed by atoms with Gasteiger partial charge in [-0.1, -0.05) is 12.2 Å². The molecule has 21 heavy (non-hydrogen) atoms. The molecule has 0 bridgehead atoms. The molecule has 1 heterocycles. The van der Waals surface area contributed by atoms with E-state index in [9.17, 15) is 13.6 Å². The molecule has 0 aliphatic carbocycles. The van der Waals surface area contributed by atoms with Crippen LogP contribution in [0.3, 0.4) is 0 Å². The van der Waals surface area contributed by atoms with Crippen molar-refractivity contribution < 1.29 is 13.6 Å². The highest BCUT2D eigenvalue weighted by molar-refractivity contribution is 7.80. The number of hydrogen-bond acceptors (Lipinski definition) is 3. The minimum atomic E-state index is -0.756. The molecule has 0 spiro atoms. The zero-order valence-electron chi connectivity index (χ0n) is 11.7. The molecular weight excluding hydrogens is 296 g/mol. The van der Waals surface area contributed by atoms with Crippen molar-refractivity contribution in [1.29, 1.82) is 0 Å². The van der Waals surface area contributed by atoms with Crippen LogP contribution < -0.4 is 16.0 Å². The van der Waals surface area contributed by atoms with Gasteiger partial charge in [-0.3, -0.25) is 4.79 Å². The Morgan fingerprint density at radius 3 is 2.52 bits per heavy atom.